The van der Waals surface area contributed by atoms with Gasteiger partial charge in [-0.25, -0.2) is 9.37 Å². The second kappa shape index (κ2) is 6.67. The van der Waals surface area contributed by atoms with Crippen molar-refractivity contribution in [3.8, 4) is 0 Å². The minimum absolute atomic E-state index is 0.0884. The monoisotopic (exact) mass is 401 g/mol. The normalized spacial score (nSPS) is 26.4. The van der Waals surface area contributed by atoms with Crippen LogP contribution in [0.1, 0.15) is 4.88 Å². The molecule has 8 heteroatoms. The van der Waals surface area contributed by atoms with Gasteiger partial charge in [-0.2, -0.15) is 0 Å². The molecule has 2 aromatic heterocycles. The molecule has 0 aliphatic carbocycles. The molecular formula is C17H18Cl2FN3OS. The first-order valence-electron chi connectivity index (χ1n) is 8.12. The molecule has 1 N–H and O–H groups in total. The molecule has 4 heterocycles. The number of anilines is 1. The van der Waals surface area contributed by atoms with Gasteiger partial charge in [0.1, 0.15) is 0 Å². The number of halogens is 3. The van der Waals surface area contributed by atoms with Gasteiger partial charge in [0.25, 0.3) is 0 Å². The van der Waals surface area contributed by atoms with Gasteiger partial charge in [-0.1, -0.05) is 23.2 Å². The van der Waals surface area contributed by atoms with Gasteiger partial charge < -0.3 is 10.0 Å². The number of pyridine rings is 1. The zero-order valence-electron chi connectivity index (χ0n) is 13.5. The zero-order valence-corrected chi connectivity index (χ0v) is 15.8. The Labute approximate surface area is 159 Å². The summed E-state index contributed by atoms with van der Waals surface area (Å²) in [6, 6.07) is 5.25. The molecule has 25 heavy (non-hydrogen) atoms. The number of rotatable bonds is 4. The Hall–Kier alpha value is -0.920. The summed E-state index contributed by atoms with van der Waals surface area (Å²) in [6.45, 7) is 3.88. The van der Waals surface area contributed by atoms with Gasteiger partial charge in [0.05, 0.1) is 16.0 Å². The molecule has 2 aliphatic heterocycles. The van der Waals surface area contributed by atoms with Gasteiger partial charge in [-0.05, 0) is 24.1 Å². The van der Waals surface area contributed by atoms with Crippen LogP contribution in [0.3, 0.4) is 0 Å². The van der Waals surface area contributed by atoms with Gasteiger partial charge in [0.2, 0.25) is 0 Å². The second-order valence-electron chi connectivity index (χ2n) is 6.93. The first-order valence-corrected chi connectivity index (χ1v) is 9.70. The van der Waals surface area contributed by atoms with Crippen LogP contribution in [0.5, 0.6) is 0 Å². The molecule has 2 unspecified atom stereocenters. The summed E-state index contributed by atoms with van der Waals surface area (Å²) in [4.78, 5) is 9.66. The van der Waals surface area contributed by atoms with E-state index in [1.54, 1.807) is 11.3 Å². The standard InChI is InChI=1S/C17H18Cl2FN3OS/c18-12-3-14(20)16(21-4-12)23-6-11-5-22(8-17(11,9-23)10-24)7-13-1-2-15(19)25-13/h1-4,11,24H,5-10H2. The number of aliphatic hydroxyl groups is 1. The molecule has 0 saturated carbocycles. The molecule has 0 bridgehead atoms. The van der Waals surface area contributed by atoms with E-state index in [4.69, 9.17) is 23.2 Å². The molecule has 0 aromatic carbocycles. The maximum absolute atomic E-state index is 14.2. The van der Waals surface area contributed by atoms with E-state index >= 15 is 0 Å². The number of fused-ring (bicyclic) bond motifs is 1. The summed E-state index contributed by atoms with van der Waals surface area (Å²) in [5.41, 5.74) is -0.241. The van der Waals surface area contributed by atoms with E-state index in [0.717, 1.165) is 24.0 Å². The van der Waals surface area contributed by atoms with Crippen molar-refractivity contribution in [2.45, 2.75) is 6.54 Å². The molecule has 2 aliphatic rings. The van der Waals surface area contributed by atoms with Crippen molar-refractivity contribution in [3.05, 3.63) is 44.4 Å². The predicted octanol–water partition coefficient (Wildman–Crippen LogP) is 3.52. The molecular weight excluding hydrogens is 384 g/mol. The minimum Gasteiger partial charge on any atom is -0.396 e. The number of aliphatic hydroxyl groups excluding tert-OH is 1. The van der Waals surface area contributed by atoms with Crippen molar-refractivity contribution < 1.29 is 9.50 Å². The minimum atomic E-state index is -0.411. The van der Waals surface area contributed by atoms with Gasteiger partial charge >= 0.3 is 0 Å². The zero-order chi connectivity index (χ0) is 17.6. The Morgan fingerprint density at radius 1 is 1.32 bits per heavy atom. The third kappa shape index (κ3) is 3.26. The van der Waals surface area contributed by atoms with Crippen molar-refractivity contribution in [3.63, 3.8) is 0 Å². The molecule has 134 valence electrons. The maximum atomic E-state index is 14.2. The van der Waals surface area contributed by atoms with E-state index in [9.17, 15) is 9.50 Å². The van der Waals surface area contributed by atoms with Crippen molar-refractivity contribution in [1.82, 2.24) is 9.88 Å². The summed E-state index contributed by atoms with van der Waals surface area (Å²) >= 11 is 13.4. The van der Waals surface area contributed by atoms with Crippen molar-refractivity contribution in [2.75, 3.05) is 37.7 Å². The SMILES string of the molecule is OCC12CN(Cc3ccc(Cl)s3)CC1CN(c1ncc(Cl)cc1F)C2. The van der Waals surface area contributed by atoms with Crippen molar-refractivity contribution in [2.24, 2.45) is 11.3 Å². The second-order valence-corrected chi connectivity index (χ2v) is 9.17. The van der Waals surface area contributed by atoms with Crippen LogP contribution in [0.4, 0.5) is 10.2 Å². The summed E-state index contributed by atoms with van der Waals surface area (Å²) in [6.07, 6.45) is 1.46. The summed E-state index contributed by atoms with van der Waals surface area (Å²) in [5, 5.41) is 10.4. The van der Waals surface area contributed by atoms with Crippen LogP contribution in [0.2, 0.25) is 9.36 Å². The molecule has 2 aromatic rings. The van der Waals surface area contributed by atoms with Crippen LogP contribution < -0.4 is 4.90 Å². The smallest absolute Gasteiger partial charge is 0.167 e. The van der Waals surface area contributed by atoms with Gasteiger partial charge in [-0.15, -0.1) is 11.3 Å². The highest BCUT2D eigenvalue weighted by Crippen LogP contribution is 2.44. The van der Waals surface area contributed by atoms with Crippen LogP contribution in [-0.4, -0.2) is 47.8 Å². The Kier molecular flexibility index (Phi) is 4.67. The van der Waals surface area contributed by atoms with E-state index in [1.807, 2.05) is 17.0 Å². The highest BCUT2D eigenvalue weighted by Gasteiger charge is 2.52. The lowest BCUT2D eigenvalue weighted by Gasteiger charge is -2.27. The number of likely N-dealkylation sites (tertiary alicyclic amines) is 1. The van der Waals surface area contributed by atoms with Crippen molar-refractivity contribution in [1.29, 1.82) is 0 Å². The Morgan fingerprint density at radius 2 is 2.16 bits per heavy atom. The lowest BCUT2D eigenvalue weighted by Crippen LogP contribution is -2.37. The third-order valence-electron chi connectivity index (χ3n) is 5.24. The maximum Gasteiger partial charge on any atom is 0.167 e. The van der Waals surface area contributed by atoms with E-state index < -0.39 is 5.82 Å². The van der Waals surface area contributed by atoms with E-state index in [-0.39, 0.29) is 17.9 Å². The number of hydrogen-bond donors (Lipinski definition) is 1. The lowest BCUT2D eigenvalue weighted by molar-refractivity contribution is 0.125. The number of aromatic nitrogens is 1. The summed E-state index contributed by atoms with van der Waals surface area (Å²) < 4.78 is 15.0. The van der Waals surface area contributed by atoms with Gasteiger partial charge in [0, 0.05) is 49.2 Å². The first-order chi connectivity index (χ1) is 12.0. The van der Waals surface area contributed by atoms with E-state index in [1.165, 1.54) is 17.1 Å². The van der Waals surface area contributed by atoms with E-state index in [2.05, 4.69) is 9.88 Å². The largest absolute Gasteiger partial charge is 0.396 e. The van der Waals surface area contributed by atoms with Crippen LogP contribution >= 0.6 is 34.5 Å². The molecule has 2 fully saturated rings. The van der Waals surface area contributed by atoms with Gasteiger partial charge in [-0.3, -0.25) is 4.90 Å². The molecule has 4 rings (SSSR count). The van der Waals surface area contributed by atoms with Crippen LogP contribution in [0.25, 0.3) is 0 Å². The summed E-state index contributed by atoms with van der Waals surface area (Å²) in [5.74, 6) is 0.193. The Bertz CT molecular complexity index is 789. The predicted molar refractivity (Wildman–Crippen MR) is 99.0 cm³/mol. The lowest BCUT2D eigenvalue weighted by atomic mass is 9.82. The molecule has 0 spiro atoms. The van der Waals surface area contributed by atoms with Gasteiger partial charge in [0.15, 0.2) is 11.6 Å². The molecule has 4 nitrogen and oxygen atoms in total. The Morgan fingerprint density at radius 3 is 2.80 bits per heavy atom. The third-order valence-corrected chi connectivity index (χ3v) is 6.66. The molecule has 2 saturated heterocycles. The van der Waals surface area contributed by atoms with E-state index in [0.29, 0.717) is 23.9 Å². The topological polar surface area (TPSA) is 39.6 Å². The molecule has 2 atom stereocenters. The van der Waals surface area contributed by atoms with Crippen LogP contribution in [0, 0.1) is 17.2 Å². The fourth-order valence-electron chi connectivity index (χ4n) is 4.09. The summed E-state index contributed by atoms with van der Waals surface area (Å²) in [7, 11) is 0. The van der Waals surface area contributed by atoms with Crippen LogP contribution in [-0.2, 0) is 6.54 Å². The molecule has 0 radical (unpaired) electrons. The van der Waals surface area contributed by atoms with Crippen LogP contribution in [0.15, 0.2) is 24.4 Å². The van der Waals surface area contributed by atoms with Crippen molar-refractivity contribution >= 4 is 40.4 Å². The number of thiophene rings is 1. The fourth-order valence-corrected chi connectivity index (χ4v) is 5.37. The highest BCUT2D eigenvalue weighted by atomic mass is 35.5. The Balaban J connectivity index is 1.49. The molecule has 0 amide bonds. The first kappa shape index (κ1) is 17.5. The average molecular weight is 402 g/mol. The number of hydrogen-bond acceptors (Lipinski definition) is 5. The average Bonchev–Trinajstić information content (AvgIpc) is 3.20. The highest BCUT2D eigenvalue weighted by molar-refractivity contribution is 7.16. The fraction of sp³-hybridized carbons (Fsp3) is 0.471. The quantitative estimate of drug-likeness (QED) is 0.850. The number of nitrogens with zero attached hydrogens (tertiary/aromatic N) is 3.